The van der Waals surface area contributed by atoms with Crippen LogP contribution in [0.4, 0.5) is 4.39 Å². The maximum Gasteiger partial charge on any atom is 0.254 e. The van der Waals surface area contributed by atoms with Gasteiger partial charge in [-0.1, -0.05) is 17.7 Å². The van der Waals surface area contributed by atoms with Crippen molar-refractivity contribution in [2.75, 3.05) is 40.0 Å². The molecule has 0 N–H and O–H groups in total. The van der Waals surface area contributed by atoms with Crippen LogP contribution in [0.2, 0.25) is 0 Å². The van der Waals surface area contributed by atoms with Crippen molar-refractivity contribution in [1.82, 2.24) is 9.80 Å². The predicted octanol–water partition coefficient (Wildman–Crippen LogP) is 4.88. The molecule has 1 aromatic heterocycles. The zero-order valence-electron chi connectivity index (χ0n) is 20.6. The van der Waals surface area contributed by atoms with Crippen LogP contribution in [0.15, 0.2) is 60.0 Å². The van der Waals surface area contributed by atoms with Gasteiger partial charge < -0.3 is 19.3 Å². The highest BCUT2D eigenvalue weighted by Crippen LogP contribution is 2.34. The summed E-state index contributed by atoms with van der Waals surface area (Å²) in [7, 11) is 1.60. The molecule has 0 radical (unpaired) electrons. The SMILES string of the molecule is COCCCN(CC(=O)N1CCc2sccc2C1COc1ccc(C)cc1)C(=O)c1ccc(F)cc1. The zero-order chi connectivity index (χ0) is 25.5. The van der Waals surface area contributed by atoms with E-state index < -0.39 is 5.82 Å². The normalized spacial score (nSPS) is 14.9. The van der Waals surface area contributed by atoms with Crippen LogP contribution < -0.4 is 4.74 Å². The van der Waals surface area contributed by atoms with Gasteiger partial charge in [0.1, 0.15) is 24.7 Å². The van der Waals surface area contributed by atoms with Gasteiger partial charge >= 0.3 is 0 Å². The topological polar surface area (TPSA) is 59.1 Å². The molecule has 0 bridgehead atoms. The van der Waals surface area contributed by atoms with E-state index in [0.717, 1.165) is 23.3 Å². The third-order valence-electron chi connectivity index (χ3n) is 6.33. The van der Waals surface area contributed by atoms with Crippen LogP contribution >= 0.6 is 11.3 Å². The Balaban J connectivity index is 1.51. The molecule has 0 aliphatic carbocycles. The Hall–Kier alpha value is -3.23. The first-order chi connectivity index (χ1) is 17.5. The van der Waals surface area contributed by atoms with Gasteiger partial charge in [-0.25, -0.2) is 4.39 Å². The number of ether oxygens (including phenoxy) is 2. The number of fused-ring (bicyclic) bond motifs is 1. The summed E-state index contributed by atoms with van der Waals surface area (Å²) in [5.41, 5.74) is 2.60. The Morgan fingerprint density at radius 2 is 1.86 bits per heavy atom. The molecule has 2 amide bonds. The molecule has 1 atom stereocenters. The summed E-state index contributed by atoms with van der Waals surface area (Å²) in [6, 6.07) is 15.1. The van der Waals surface area contributed by atoms with Crippen molar-refractivity contribution in [3.05, 3.63) is 87.4 Å². The highest BCUT2D eigenvalue weighted by molar-refractivity contribution is 7.10. The van der Waals surface area contributed by atoms with Crippen LogP contribution in [0.3, 0.4) is 0 Å². The second-order valence-electron chi connectivity index (χ2n) is 8.86. The average Bonchev–Trinajstić information content (AvgIpc) is 3.37. The van der Waals surface area contributed by atoms with E-state index in [4.69, 9.17) is 9.47 Å². The maximum absolute atomic E-state index is 13.6. The van der Waals surface area contributed by atoms with Crippen molar-refractivity contribution in [2.24, 2.45) is 0 Å². The van der Waals surface area contributed by atoms with Gasteiger partial charge in [0, 0.05) is 37.2 Å². The second-order valence-corrected chi connectivity index (χ2v) is 9.86. The molecule has 1 unspecified atom stereocenters. The number of nitrogens with zero attached hydrogens (tertiary/aromatic N) is 2. The Morgan fingerprint density at radius 1 is 1.11 bits per heavy atom. The van der Waals surface area contributed by atoms with Crippen molar-refractivity contribution < 1.29 is 23.5 Å². The molecule has 0 saturated carbocycles. The number of rotatable bonds is 10. The van der Waals surface area contributed by atoms with E-state index in [2.05, 4.69) is 6.07 Å². The first kappa shape index (κ1) is 25.9. The molecular weight excluding hydrogens is 479 g/mol. The van der Waals surface area contributed by atoms with E-state index >= 15 is 0 Å². The molecule has 2 aromatic carbocycles. The molecule has 36 heavy (non-hydrogen) atoms. The van der Waals surface area contributed by atoms with Crippen LogP contribution in [0, 0.1) is 12.7 Å². The summed E-state index contributed by atoms with van der Waals surface area (Å²) in [5, 5.41) is 2.05. The van der Waals surface area contributed by atoms with Gasteiger partial charge in [-0.2, -0.15) is 0 Å². The fourth-order valence-corrected chi connectivity index (χ4v) is 5.29. The molecule has 1 aliphatic heterocycles. The van der Waals surface area contributed by atoms with E-state index in [1.54, 1.807) is 18.4 Å². The van der Waals surface area contributed by atoms with Crippen LogP contribution in [0.5, 0.6) is 5.75 Å². The molecule has 0 spiro atoms. The minimum absolute atomic E-state index is 0.0690. The first-order valence-electron chi connectivity index (χ1n) is 12.0. The molecule has 0 fully saturated rings. The van der Waals surface area contributed by atoms with Crippen molar-refractivity contribution in [2.45, 2.75) is 25.8 Å². The largest absolute Gasteiger partial charge is 0.491 e. The Bertz CT molecular complexity index is 1160. The highest BCUT2D eigenvalue weighted by atomic mass is 32.1. The van der Waals surface area contributed by atoms with E-state index in [-0.39, 0.29) is 24.4 Å². The lowest BCUT2D eigenvalue weighted by Gasteiger charge is -2.37. The smallest absolute Gasteiger partial charge is 0.254 e. The van der Waals surface area contributed by atoms with Crippen LogP contribution in [0.1, 0.15) is 38.8 Å². The quantitative estimate of drug-likeness (QED) is 0.365. The molecule has 6 nitrogen and oxygen atoms in total. The van der Waals surface area contributed by atoms with Gasteiger partial charge in [-0.05, 0) is 73.2 Å². The van der Waals surface area contributed by atoms with E-state index in [1.165, 1.54) is 34.0 Å². The second kappa shape index (κ2) is 12.1. The Labute approximate surface area is 215 Å². The molecule has 0 saturated heterocycles. The van der Waals surface area contributed by atoms with Gasteiger partial charge in [0.2, 0.25) is 5.91 Å². The maximum atomic E-state index is 13.6. The standard InChI is InChI=1S/C28H31FN2O4S/c1-20-4-10-23(11-5-20)35-19-25-24-13-17-36-26(24)12-15-31(25)27(32)18-30(14-3-16-34-2)28(33)21-6-8-22(29)9-7-21/h4-11,13,17,25H,3,12,14-16,18-19H2,1-2H3. The van der Waals surface area contributed by atoms with Crippen molar-refractivity contribution in [3.8, 4) is 5.75 Å². The fourth-order valence-electron chi connectivity index (χ4n) is 4.37. The fraction of sp³-hybridized carbons (Fsp3) is 0.357. The number of thiophene rings is 1. The van der Waals surface area contributed by atoms with E-state index in [1.807, 2.05) is 41.5 Å². The number of carbonyl (C=O) groups is 2. The summed E-state index contributed by atoms with van der Waals surface area (Å²) in [4.78, 5) is 31.4. The number of amides is 2. The van der Waals surface area contributed by atoms with Gasteiger partial charge in [-0.15, -0.1) is 11.3 Å². The molecular formula is C28H31FN2O4S. The van der Waals surface area contributed by atoms with Crippen LogP contribution in [-0.4, -0.2) is 61.6 Å². The highest BCUT2D eigenvalue weighted by Gasteiger charge is 2.33. The minimum atomic E-state index is -0.412. The van der Waals surface area contributed by atoms with Crippen molar-refractivity contribution >= 4 is 23.2 Å². The molecule has 8 heteroatoms. The van der Waals surface area contributed by atoms with E-state index in [0.29, 0.717) is 38.3 Å². The lowest BCUT2D eigenvalue weighted by molar-refractivity contribution is -0.135. The third-order valence-corrected chi connectivity index (χ3v) is 7.32. The number of hydrogen-bond donors (Lipinski definition) is 0. The lowest BCUT2D eigenvalue weighted by atomic mass is 10.0. The van der Waals surface area contributed by atoms with Crippen molar-refractivity contribution in [3.63, 3.8) is 0 Å². The van der Waals surface area contributed by atoms with Gasteiger partial charge in [0.05, 0.1) is 6.04 Å². The zero-order valence-corrected chi connectivity index (χ0v) is 21.4. The minimum Gasteiger partial charge on any atom is -0.491 e. The summed E-state index contributed by atoms with van der Waals surface area (Å²) in [6.07, 6.45) is 1.36. The number of hydrogen-bond acceptors (Lipinski definition) is 5. The van der Waals surface area contributed by atoms with Gasteiger partial charge in [0.25, 0.3) is 5.91 Å². The third kappa shape index (κ3) is 6.30. The molecule has 4 rings (SSSR count). The first-order valence-corrected chi connectivity index (χ1v) is 12.9. The Kier molecular flexibility index (Phi) is 8.72. The monoisotopic (exact) mass is 510 g/mol. The molecule has 190 valence electrons. The van der Waals surface area contributed by atoms with Gasteiger partial charge in [-0.3, -0.25) is 9.59 Å². The van der Waals surface area contributed by atoms with Gasteiger partial charge in [0.15, 0.2) is 0 Å². The number of carbonyl (C=O) groups excluding carboxylic acids is 2. The predicted molar refractivity (Wildman–Crippen MR) is 138 cm³/mol. The summed E-state index contributed by atoms with van der Waals surface area (Å²) >= 11 is 1.69. The van der Waals surface area contributed by atoms with Crippen LogP contribution in [-0.2, 0) is 16.0 Å². The molecule has 1 aliphatic rings. The van der Waals surface area contributed by atoms with E-state index in [9.17, 15) is 14.0 Å². The summed E-state index contributed by atoms with van der Waals surface area (Å²) in [5.74, 6) is -0.106. The molecule has 3 aromatic rings. The number of halogens is 1. The summed E-state index contributed by atoms with van der Waals surface area (Å²) in [6.45, 7) is 3.67. The number of methoxy groups -OCH3 is 1. The lowest BCUT2D eigenvalue weighted by Crippen LogP contribution is -2.48. The summed E-state index contributed by atoms with van der Waals surface area (Å²) < 4.78 is 24.6. The van der Waals surface area contributed by atoms with Crippen LogP contribution in [0.25, 0.3) is 0 Å². The number of benzene rings is 2. The Morgan fingerprint density at radius 3 is 2.58 bits per heavy atom. The average molecular weight is 511 g/mol. The number of aryl methyl sites for hydroxylation is 1. The van der Waals surface area contributed by atoms with Crippen molar-refractivity contribution in [1.29, 1.82) is 0 Å². The molecule has 2 heterocycles.